The summed E-state index contributed by atoms with van der Waals surface area (Å²) in [6.45, 7) is 6.82. The number of pyridine rings is 1. The lowest BCUT2D eigenvalue weighted by Gasteiger charge is -2.08. The van der Waals surface area contributed by atoms with Crippen LogP contribution in [0, 0.1) is 0 Å². The molecule has 0 amide bonds. The first kappa shape index (κ1) is 14.6. The van der Waals surface area contributed by atoms with Crippen LogP contribution in [0.1, 0.15) is 32.4 Å². The summed E-state index contributed by atoms with van der Waals surface area (Å²) in [6.07, 6.45) is 1.84. The molecule has 0 unspecified atom stereocenters. The summed E-state index contributed by atoms with van der Waals surface area (Å²) < 4.78 is 1.66. The van der Waals surface area contributed by atoms with E-state index >= 15 is 0 Å². The number of nitrogens with one attached hydrogen (secondary N) is 2. The Bertz CT molecular complexity index is 602. The molecule has 2 aromatic heterocycles. The van der Waals surface area contributed by atoms with Crippen molar-refractivity contribution in [2.75, 3.05) is 11.9 Å². The molecular formula is C13H19N5OS. The number of hydrogen-bond acceptors (Lipinski definition) is 5. The standard InChI is InChI=1S/C13H19N5OS/c1-4-14-11-6-5-10(7-15-11)8-20-13-17-16-12(19)18(13)9(2)3/h5-7,9H,4,8H2,1-3H3,(H,14,15)(H,16,19). The van der Waals surface area contributed by atoms with E-state index in [0.29, 0.717) is 5.16 Å². The number of nitrogens with zero attached hydrogens (tertiary/aromatic N) is 3. The maximum atomic E-state index is 11.6. The highest BCUT2D eigenvalue weighted by Gasteiger charge is 2.11. The SMILES string of the molecule is CCNc1ccc(CSc2n[nH]c(=O)n2C(C)C)cn1. The van der Waals surface area contributed by atoms with E-state index in [1.54, 1.807) is 4.57 Å². The fourth-order valence-electron chi connectivity index (χ4n) is 1.79. The Kier molecular flexibility index (Phi) is 4.84. The van der Waals surface area contributed by atoms with Gasteiger partial charge in [0.05, 0.1) is 0 Å². The Labute approximate surface area is 122 Å². The molecule has 0 spiro atoms. The predicted octanol–water partition coefficient (Wildman–Crippen LogP) is 2.27. The first-order chi connectivity index (χ1) is 9.61. The molecule has 0 atom stereocenters. The van der Waals surface area contributed by atoms with Gasteiger partial charge in [-0.15, -0.1) is 5.10 Å². The van der Waals surface area contributed by atoms with Gasteiger partial charge in [0.2, 0.25) is 0 Å². The molecule has 2 N–H and O–H groups in total. The third kappa shape index (κ3) is 3.41. The van der Waals surface area contributed by atoms with Crippen LogP contribution in [0.25, 0.3) is 0 Å². The van der Waals surface area contributed by atoms with Crippen molar-refractivity contribution in [2.24, 2.45) is 0 Å². The molecule has 0 aliphatic heterocycles. The Morgan fingerprint density at radius 3 is 2.85 bits per heavy atom. The van der Waals surface area contributed by atoms with Gasteiger partial charge in [0.15, 0.2) is 5.16 Å². The van der Waals surface area contributed by atoms with Crippen molar-refractivity contribution in [3.05, 3.63) is 34.4 Å². The van der Waals surface area contributed by atoms with Gasteiger partial charge in [0.1, 0.15) is 5.82 Å². The van der Waals surface area contributed by atoms with E-state index in [-0.39, 0.29) is 11.7 Å². The summed E-state index contributed by atoms with van der Waals surface area (Å²) in [4.78, 5) is 15.9. The Morgan fingerprint density at radius 2 is 2.25 bits per heavy atom. The number of anilines is 1. The zero-order valence-electron chi connectivity index (χ0n) is 11.9. The van der Waals surface area contributed by atoms with Gasteiger partial charge in [-0.3, -0.25) is 4.57 Å². The van der Waals surface area contributed by atoms with Crippen LogP contribution in [0.2, 0.25) is 0 Å². The fraction of sp³-hybridized carbons (Fsp3) is 0.462. The summed E-state index contributed by atoms with van der Waals surface area (Å²) in [5.74, 6) is 1.61. The van der Waals surface area contributed by atoms with E-state index in [1.165, 1.54) is 11.8 Å². The minimum atomic E-state index is -0.164. The second-order valence-electron chi connectivity index (χ2n) is 4.65. The zero-order valence-corrected chi connectivity index (χ0v) is 12.7. The minimum absolute atomic E-state index is 0.0954. The van der Waals surface area contributed by atoms with Crippen molar-refractivity contribution in [1.29, 1.82) is 0 Å². The van der Waals surface area contributed by atoms with E-state index in [9.17, 15) is 4.79 Å². The van der Waals surface area contributed by atoms with Crippen LogP contribution in [0.4, 0.5) is 5.82 Å². The monoisotopic (exact) mass is 293 g/mol. The molecule has 0 aliphatic carbocycles. The minimum Gasteiger partial charge on any atom is -0.370 e. The van der Waals surface area contributed by atoms with Crippen LogP contribution >= 0.6 is 11.8 Å². The lowest BCUT2D eigenvalue weighted by atomic mass is 10.3. The normalized spacial score (nSPS) is 11.0. The van der Waals surface area contributed by atoms with E-state index in [4.69, 9.17) is 0 Å². The smallest absolute Gasteiger partial charge is 0.344 e. The second kappa shape index (κ2) is 6.60. The lowest BCUT2D eigenvalue weighted by Crippen LogP contribution is -2.19. The molecule has 108 valence electrons. The molecule has 0 radical (unpaired) electrons. The molecular weight excluding hydrogens is 274 g/mol. The van der Waals surface area contributed by atoms with Crippen LogP contribution in [0.5, 0.6) is 0 Å². The quantitative estimate of drug-likeness (QED) is 0.799. The van der Waals surface area contributed by atoms with Gasteiger partial charge < -0.3 is 5.32 Å². The fourth-order valence-corrected chi connectivity index (χ4v) is 2.80. The maximum absolute atomic E-state index is 11.6. The van der Waals surface area contributed by atoms with Gasteiger partial charge in [-0.2, -0.15) is 0 Å². The van der Waals surface area contributed by atoms with Gasteiger partial charge in [0.25, 0.3) is 0 Å². The molecule has 2 rings (SSSR count). The molecule has 2 heterocycles. The molecule has 0 saturated heterocycles. The number of thioether (sulfide) groups is 1. The summed E-state index contributed by atoms with van der Waals surface area (Å²) >= 11 is 1.53. The molecule has 7 heteroatoms. The first-order valence-corrected chi connectivity index (χ1v) is 7.59. The molecule has 2 aromatic rings. The van der Waals surface area contributed by atoms with Gasteiger partial charge in [0, 0.05) is 24.5 Å². The highest BCUT2D eigenvalue weighted by Crippen LogP contribution is 2.21. The average Bonchev–Trinajstić information content (AvgIpc) is 2.79. The van der Waals surface area contributed by atoms with E-state index < -0.39 is 0 Å². The highest BCUT2D eigenvalue weighted by atomic mass is 32.2. The van der Waals surface area contributed by atoms with Crippen molar-refractivity contribution >= 4 is 17.6 Å². The number of hydrogen-bond donors (Lipinski definition) is 2. The third-order valence-corrected chi connectivity index (χ3v) is 3.76. The number of aromatic amines is 1. The van der Waals surface area contributed by atoms with Crippen LogP contribution in [0.3, 0.4) is 0 Å². The Hall–Kier alpha value is -1.76. The van der Waals surface area contributed by atoms with Crippen molar-refractivity contribution in [3.63, 3.8) is 0 Å². The van der Waals surface area contributed by atoms with Gasteiger partial charge >= 0.3 is 5.69 Å². The van der Waals surface area contributed by atoms with Crippen molar-refractivity contribution in [1.82, 2.24) is 19.7 Å². The Morgan fingerprint density at radius 1 is 1.45 bits per heavy atom. The summed E-state index contributed by atoms with van der Waals surface area (Å²) in [6, 6.07) is 4.08. The van der Waals surface area contributed by atoms with E-state index in [0.717, 1.165) is 23.7 Å². The first-order valence-electron chi connectivity index (χ1n) is 6.60. The van der Waals surface area contributed by atoms with Crippen LogP contribution in [0.15, 0.2) is 28.3 Å². The molecule has 0 bridgehead atoms. The van der Waals surface area contributed by atoms with Gasteiger partial charge in [-0.25, -0.2) is 14.9 Å². The number of aromatic nitrogens is 4. The number of H-pyrrole nitrogens is 1. The van der Waals surface area contributed by atoms with Crippen molar-refractivity contribution in [2.45, 2.75) is 37.7 Å². The summed E-state index contributed by atoms with van der Waals surface area (Å²) in [5.41, 5.74) is 0.936. The molecule has 0 aliphatic rings. The molecule has 0 aromatic carbocycles. The Balaban J connectivity index is 2.03. The van der Waals surface area contributed by atoms with E-state index in [2.05, 4.69) is 20.5 Å². The lowest BCUT2D eigenvalue weighted by molar-refractivity contribution is 0.534. The average molecular weight is 293 g/mol. The van der Waals surface area contributed by atoms with Crippen LogP contribution in [-0.2, 0) is 5.75 Å². The molecule has 20 heavy (non-hydrogen) atoms. The molecule has 6 nitrogen and oxygen atoms in total. The zero-order chi connectivity index (χ0) is 14.5. The van der Waals surface area contributed by atoms with Gasteiger partial charge in [-0.05, 0) is 32.4 Å². The van der Waals surface area contributed by atoms with Crippen LogP contribution < -0.4 is 11.0 Å². The van der Waals surface area contributed by atoms with Crippen molar-refractivity contribution < 1.29 is 0 Å². The highest BCUT2D eigenvalue weighted by molar-refractivity contribution is 7.98. The summed E-state index contributed by atoms with van der Waals surface area (Å²) in [7, 11) is 0. The summed E-state index contributed by atoms with van der Waals surface area (Å²) in [5, 5.41) is 10.4. The topological polar surface area (TPSA) is 75.6 Å². The number of rotatable bonds is 6. The van der Waals surface area contributed by atoms with Gasteiger partial charge in [-0.1, -0.05) is 17.8 Å². The predicted molar refractivity (Wildman–Crippen MR) is 81.2 cm³/mol. The largest absolute Gasteiger partial charge is 0.370 e. The second-order valence-corrected chi connectivity index (χ2v) is 5.59. The molecule has 0 saturated carbocycles. The van der Waals surface area contributed by atoms with Crippen molar-refractivity contribution in [3.8, 4) is 0 Å². The maximum Gasteiger partial charge on any atom is 0.344 e. The molecule has 0 fully saturated rings. The third-order valence-electron chi connectivity index (χ3n) is 2.74. The van der Waals surface area contributed by atoms with E-state index in [1.807, 2.05) is 39.1 Å². The van der Waals surface area contributed by atoms with Crippen LogP contribution in [-0.4, -0.2) is 26.3 Å².